The minimum Gasteiger partial charge on any atom is -0.316 e. The Labute approximate surface area is 129 Å². The van der Waals surface area contributed by atoms with Crippen LogP contribution in [0.15, 0.2) is 24.3 Å². The number of rotatable bonds is 1. The summed E-state index contributed by atoms with van der Waals surface area (Å²) in [7, 11) is 0. The molecule has 3 heterocycles. The van der Waals surface area contributed by atoms with E-state index < -0.39 is 0 Å². The number of amides is 1. The highest BCUT2D eigenvalue weighted by Crippen LogP contribution is 2.29. The Morgan fingerprint density at radius 3 is 2.95 bits per heavy atom. The number of nitrogens with zero attached hydrogens (tertiary/aromatic N) is 3. The minimum atomic E-state index is 0. The van der Waals surface area contributed by atoms with Crippen LogP contribution in [0, 0.1) is 5.92 Å². The summed E-state index contributed by atoms with van der Waals surface area (Å²) in [6, 6.07) is 8.09. The first-order chi connectivity index (χ1) is 9.84. The highest BCUT2D eigenvalue weighted by molar-refractivity contribution is 5.96. The van der Waals surface area contributed by atoms with Crippen LogP contribution in [-0.4, -0.2) is 35.1 Å². The van der Waals surface area contributed by atoms with Gasteiger partial charge in [-0.1, -0.05) is 12.1 Å². The molecule has 0 saturated carbocycles. The molecule has 2 aliphatic rings. The van der Waals surface area contributed by atoms with Gasteiger partial charge in [-0.25, -0.2) is 4.98 Å². The van der Waals surface area contributed by atoms with Crippen molar-refractivity contribution in [2.75, 3.05) is 24.5 Å². The molecule has 1 unspecified atom stereocenters. The summed E-state index contributed by atoms with van der Waals surface area (Å²) in [6.07, 6.45) is 2.07. The lowest BCUT2D eigenvalue weighted by molar-refractivity contribution is -0.122. The number of para-hydroxylation sites is 2. The van der Waals surface area contributed by atoms with Crippen molar-refractivity contribution in [3.8, 4) is 0 Å². The molecule has 1 N–H and O–H groups in total. The molecule has 2 aromatic rings. The second kappa shape index (κ2) is 5.66. The van der Waals surface area contributed by atoms with Gasteiger partial charge in [-0.3, -0.25) is 9.69 Å². The lowest BCUT2D eigenvalue weighted by atomic mass is 9.98. The molecule has 2 aliphatic heterocycles. The molecule has 0 radical (unpaired) electrons. The smallest absolute Gasteiger partial charge is 0.233 e. The number of piperidine rings is 1. The van der Waals surface area contributed by atoms with Gasteiger partial charge in [0.1, 0.15) is 0 Å². The zero-order valence-corrected chi connectivity index (χ0v) is 12.6. The zero-order chi connectivity index (χ0) is 13.5. The molecule has 1 aromatic heterocycles. The predicted molar refractivity (Wildman–Crippen MR) is 84.9 cm³/mol. The largest absolute Gasteiger partial charge is 0.316 e. The van der Waals surface area contributed by atoms with Crippen molar-refractivity contribution in [1.29, 1.82) is 0 Å². The van der Waals surface area contributed by atoms with E-state index in [0.717, 1.165) is 56.0 Å². The molecular weight excluding hydrogens is 288 g/mol. The van der Waals surface area contributed by atoms with Crippen LogP contribution < -0.4 is 10.2 Å². The molecular formula is C15H19ClN4O. The number of carbonyl (C=O) groups excluding carboxylic acids is 1. The van der Waals surface area contributed by atoms with Crippen molar-refractivity contribution in [1.82, 2.24) is 14.9 Å². The summed E-state index contributed by atoms with van der Waals surface area (Å²) in [4.78, 5) is 19.2. The Morgan fingerprint density at radius 2 is 2.14 bits per heavy atom. The molecule has 4 rings (SSSR count). The van der Waals surface area contributed by atoms with Crippen molar-refractivity contribution in [3.63, 3.8) is 0 Å². The number of fused-ring (bicyclic) bond motifs is 3. The molecule has 0 aliphatic carbocycles. The van der Waals surface area contributed by atoms with Crippen LogP contribution in [0.3, 0.4) is 0 Å². The highest BCUT2D eigenvalue weighted by atomic mass is 35.5. The minimum absolute atomic E-state index is 0. The van der Waals surface area contributed by atoms with Gasteiger partial charge in [-0.05, 0) is 31.5 Å². The second-order valence-corrected chi connectivity index (χ2v) is 5.59. The van der Waals surface area contributed by atoms with Gasteiger partial charge in [-0.2, -0.15) is 0 Å². The average Bonchev–Trinajstić information content (AvgIpc) is 3.06. The number of anilines is 1. The molecule has 1 amide bonds. The van der Waals surface area contributed by atoms with E-state index in [1.807, 2.05) is 23.1 Å². The Bertz CT molecular complexity index is 663. The first-order valence-electron chi connectivity index (χ1n) is 7.32. The number of hydrogen-bond donors (Lipinski definition) is 1. The molecule has 0 bridgehead atoms. The summed E-state index contributed by atoms with van der Waals surface area (Å²) in [5, 5.41) is 3.32. The predicted octanol–water partition coefficient (Wildman–Crippen LogP) is 1.80. The van der Waals surface area contributed by atoms with Crippen molar-refractivity contribution in [2.24, 2.45) is 5.92 Å². The van der Waals surface area contributed by atoms with Crippen LogP contribution in [0.25, 0.3) is 11.0 Å². The average molecular weight is 307 g/mol. The number of halogens is 1. The maximum Gasteiger partial charge on any atom is 0.233 e. The molecule has 1 fully saturated rings. The third-order valence-corrected chi connectivity index (χ3v) is 4.34. The number of carbonyl (C=O) groups is 1. The maximum atomic E-state index is 12.7. The molecule has 1 atom stereocenters. The summed E-state index contributed by atoms with van der Waals surface area (Å²) in [5.41, 5.74) is 2.10. The second-order valence-electron chi connectivity index (χ2n) is 5.59. The van der Waals surface area contributed by atoms with E-state index in [1.165, 1.54) is 0 Å². The number of hydrogen-bond acceptors (Lipinski definition) is 3. The van der Waals surface area contributed by atoms with Gasteiger partial charge in [-0.15, -0.1) is 12.4 Å². The van der Waals surface area contributed by atoms with E-state index in [1.54, 1.807) is 0 Å². The van der Waals surface area contributed by atoms with E-state index in [2.05, 4.69) is 20.9 Å². The topological polar surface area (TPSA) is 50.2 Å². The number of aromatic nitrogens is 2. The van der Waals surface area contributed by atoms with Crippen LogP contribution >= 0.6 is 12.4 Å². The van der Waals surface area contributed by atoms with Gasteiger partial charge in [0.25, 0.3) is 0 Å². The fraction of sp³-hybridized carbons (Fsp3) is 0.467. The van der Waals surface area contributed by atoms with E-state index in [-0.39, 0.29) is 24.2 Å². The van der Waals surface area contributed by atoms with Crippen molar-refractivity contribution < 1.29 is 4.79 Å². The van der Waals surface area contributed by atoms with Crippen LogP contribution in [0.4, 0.5) is 5.95 Å². The maximum absolute atomic E-state index is 12.7. The van der Waals surface area contributed by atoms with Crippen LogP contribution in [0.1, 0.15) is 12.8 Å². The first-order valence-corrected chi connectivity index (χ1v) is 7.32. The molecule has 21 heavy (non-hydrogen) atoms. The van der Waals surface area contributed by atoms with Gasteiger partial charge < -0.3 is 9.88 Å². The number of imidazole rings is 1. The quantitative estimate of drug-likeness (QED) is 0.874. The third kappa shape index (κ3) is 2.30. The Morgan fingerprint density at radius 1 is 1.29 bits per heavy atom. The van der Waals surface area contributed by atoms with Gasteiger partial charge in [0.15, 0.2) is 0 Å². The van der Waals surface area contributed by atoms with Crippen LogP contribution in [0.2, 0.25) is 0 Å². The first kappa shape index (κ1) is 14.4. The molecule has 0 spiro atoms. The molecule has 1 saturated heterocycles. The Hall–Kier alpha value is -1.59. The number of nitrogens with one attached hydrogen (secondary N) is 1. The summed E-state index contributed by atoms with van der Waals surface area (Å²) >= 11 is 0. The van der Waals surface area contributed by atoms with Crippen LogP contribution in [0.5, 0.6) is 0 Å². The van der Waals surface area contributed by atoms with E-state index >= 15 is 0 Å². The molecule has 6 heteroatoms. The third-order valence-electron chi connectivity index (χ3n) is 4.34. The fourth-order valence-corrected chi connectivity index (χ4v) is 3.28. The van der Waals surface area contributed by atoms with Crippen molar-refractivity contribution in [3.05, 3.63) is 24.3 Å². The van der Waals surface area contributed by atoms with E-state index in [0.29, 0.717) is 0 Å². The zero-order valence-electron chi connectivity index (χ0n) is 11.8. The lowest BCUT2D eigenvalue weighted by Gasteiger charge is -2.25. The van der Waals surface area contributed by atoms with E-state index in [9.17, 15) is 4.79 Å². The summed E-state index contributed by atoms with van der Waals surface area (Å²) in [6.45, 7) is 3.43. The number of benzene rings is 1. The van der Waals surface area contributed by atoms with Gasteiger partial charge >= 0.3 is 0 Å². The standard InChI is InChI=1S/C15H18N4O.ClH/c20-14(11-4-3-7-16-10-11)19-9-8-18-13-6-2-1-5-12(13)17-15(18)19;/h1-2,5-6,11,16H,3-4,7-10H2;1H. The van der Waals surface area contributed by atoms with Crippen molar-refractivity contribution >= 4 is 35.3 Å². The summed E-state index contributed by atoms with van der Waals surface area (Å²) in [5.74, 6) is 1.16. The van der Waals surface area contributed by atoms with Gasteiger partial charge in [0, 0.05) is 19.6 Å². The SMILES string of the molecule is Cl.O=C(C1CCCNC1)N1CCn2c1nc1ccccc12. The van der Waals surface area contributed by atoms with Gasteiger partial charge in [0.05, 0.1) is 17.0 Å². The normalized spacial score (nSPS) is 21.1. The van der Waals surface area contributed by atoms with Gasteiger partial charge in [0.2, 0.25) is 11.9 Å². The molecule has 1 aromatic carbocycles. The highest BCUT2D eigenvalue weighted by Gasteiger charge is 2.33. The summed E-state index contributed by atoms with van der Waals surface area (Å²) < 4.78 is 2.16. The monoisotopic (exact) mass is 306 g/mol. The Kier molecular flexibility index (Phi) is 3.87. The molecule has 112 valence electrons. The van der Waals surface area contributed by atoms with E-state index in [4.69, 9.17) is 0 Å². The fourth-order valence-electron chi connectivity index (χ4n) is 3.28. The molecule has 5 nitrogen and oxygen atoms in total. The van der Waals surface area contributed by atoms with Crippen LogP contribution in [-0.2, 0) is 11.3 Å². The van der Waals surface area contributed by atoms with Crippen molar-refractivity contribution in [2.45, 2.75) is 19.4 Å². The Balaban J connectivity index is 0.00000132. The lowest BCUT2D eigenvalue weighted by Crippen LogP contribution is -2.42.